The molecule has 0 atom stereocenters. The topological polar surface area (TPSA) is 129 Å². The lowest BCUT2D eigenvalue weighted by Crippen LogP contribution is -2.52. The number of aliphatic hydroxyl groups is 1. The molecule has 57 heavy (non-hydrogen) atoms. The van der Waals surface area contributed by atoms with Crippen LogP contribution in [-0.4, -0.2) is 94.3 Å². The largest absolute Gasteiger partial charge is 0.444 e. The number of piperazine rings is 2. The van der Waals surface area contributed by atoms with E-state index in [4.69, 9.17) is 14.6 Å². The minimum atomic E-state index is -0.550. The average molecular weight is 1050 g/mol. The molecule has 2 heterocycles. The number of rotatable bonds is 4. The predicted octanol–water partition coefficient (Wildman–Crippen LogP) is 9.59. The Balaban J connectivity index is 0.000000282. The molecule has 0 unspecified atom stereocenters. The van der Waals surface area contributed by atoms with Crippen molar-refractivity contribution in [2.24, 2.45) is 0 Å². The Bertz CT molecular complexity index is 1780. The Morgan fingerprint density at radius 1 is 0.684 bits per heavy atom. The van der Waals surface area contributed by atoms with Gasteiger partial charge in [-0.25, -0.2) is 9.59 Å². The zero-order valence-electron chi connectivity index (χ0n) is 34.3. The lowest BCUT2D eigenvalue weighted by molar-refractivity contribution is -0.136. The summed E-state index contributed by atoms with van der Waals surface area (Å²) < 4.78 is 13.7. The third-order valence-corrected chi connectivity index (χ3v) is 10.3. The number of aryl methyl sites for hydroxylation is 3. The zero-order valence-corrected chi connectivity index (χ0v) is 40.7. The molecular weight excluding hydrogens is 992 g/mol. The average Bonchev–Trinajstić information content (AvgIpc) is 3.10. The van der Waals surface area contributed by atoms with Gasteiger partial charge in [0.1, 0.15) is 24.3 Å². The lowest BCUT2D eigenvalue weighted by Gasteiger charge is -2.35. The maximum Gasteiger partial charge on any atom is 0.410 e. The van der Waals surface area contributed by atoms with E-state index in [9.17, 15) is 19.2 Å². The highest BCUT2D eigenvalue weighted by Crippen LogP contribution is 2.20. The van der Waals surface area contributed by atoms with Crippen molar-refractivity contribution in [2.45, 2.75) is 92.0 Å². The van der Waals surface area contributed by atoms with E-state index in [0.29, 0.717) is 32.7 Å². The monoisotopic (exact) mass is 1040 g/mol. The Labute approximate surface area is 371 Å². The molecule has 0 bridgehead atoms. The van der Waals surface area contributed by atoms with Gasteiger partial charge in [-0.3, -0.25) is 19.4 Å². The molecular formula is C42H56Br4N4O7. The Hall–Kier alpha value is -2.98. The van der Waals surface area contributed by atoms with Crippen LogP contribution in [0.4, 0.5) is 9.59 Å². The fraction of sp³-hybridized carbons (Fsp3) is 0.476. The quantitative estimate of drug-likeness (QED) is 0.249. The predicted molar refractivity (Wildman–Crippen MR) is 239 cm³/mol. The Kier molecular flexibility index (Phi) is 20.7. The first kappa shape index (κ1) is 50.2. The summed E-state index contributed by atoms with van der Waals surface area (Å²) in [4.78, 5) is 51.5. The van der Waals surface area contributed by atoms with Crippen LogP contribution in [0.25, 0.3) is 0 Å². The number of ether oxygens (including phenoxy) is 2. The van der Waals surface area contributed by atoms with E-state index in [1.54, 1.807) is 25.7 Å². The normalized spacial score (nSPS) is 14.2. The number of amides is 4. The molecule has 2 saturated heterocycles. The van der Waals surface area contributed by atoms with Crippen LogP contribution in [0.15, 0.2) is 68.0 Å². The molecule has 2 N–H and O–H groups in total. The molecule has 2 aliphatic rings. The summed E-state index contributed by atoms with van der Waals surface area (Å²) in [7, 11) is 0. The van der Waals surface area contributed by atoms with E-state index in [1.165, 1.54) is 20.9 Å². The molecule has 0 spiro atoms. The van der Waals surface area contributed by atoms with Crippen molar-refractivity contribution in [3.63, 3.8) is 0 Å². The summed E-state index contributed by atoms with van der Waals surface area (Å²) in [6.45, 7) is 19.9. The van der Waals surface area contributed by atoms with Crippen molar-refractivity contribution in [3.8, 4) is 0 Å². The third kappa shape index (κ3) is 19.1. The summed E-state index contributed by atoms with van der Waals surface area (Å²) in [5, 5.41) is 12.4. The standard InChI is InChI=1S/C17H23BrN2O3.C9H16N2O3.C8H8Br2.C8H9BrO/c1-12-9-14(18)6-5-13(12)10-19-7-8-20(11-15(19)21)16(22)23-17(2,3)4;1-9(2,3)14-8(13)11-5-4-10-7(12)6-11;1-6-4-8(10)3-2-7(6)5-9;1-6-4-8(9)3-2-7(6)5-10/h5-6,9H,7-8,10-11H2,1-4H3;4-6H2,1-3H3,(H,10,12);2-4H,5H2,1H3;2-4,10H,5H2,1H3. The van der Waals surface area contributed by atoms with Crippen LogP contribution < -0.4 is 5.32 Å². The highest BCUT2D eigenvalue weighted by atomic mass is 79.9. The molecule has 4 amide bonds. The number of carbonyl (C=O) groups excluding carboxylic acids is 4. The van der Waals surface area contributed by atoms with Crippen LogP contribution in [-0.2, 0) is 37.5 Å². The molecule has 0 aliphatic carbocycles. The van der Waals surface area contributed by atoms with Gasteiger partial charge in [0.25, 0.3) is 0 Å². The number of hydrogen-bond donors (Lipinski definition) is 2. The SMILES string of the molecule is CC(C)(C)OC(=O)N1CCNC(=O)C1.Cc1cc(Br)ccc1CBr.Cc1cc(Br)ccc1CN1CCN(C(=O)OC(C)(C)C)CC1=O.Cc1cc(Br)ccc1CO. The number of alkyl halides is 1. The van der Waals surface area contributed by atoms with Crippen LogP contribution in [0.5, 0.6) is 0 Å². The molecule has 0 radical (unpaired) electrons. The van der Waals surface area contributed by atoms with Crippen molar-refractivity contribution >= 4 is 87.7 Å². The first-order valence-electron chi connectivity index (χ1n) is 18.4. The summed E-state index contributed by atoms with van der Waals surface area (Å²) in [5.74, 6) is -0.188. The molecule has 2 aliphatic heterocycles. The van der Waals surface area contributed by atoms with E-state index < -0.39 is 23.4 Å². The van der Waals surface area contributed by atoms with Crippen molar-refractivity contribution in [2.75, 3.05) is 39.3 Å². The number of nitrogens with zero attached hydrogens (tertiary/aromatic N) is 3. The van der Waals surface area contributed by atoms with Gasteiger partial charge in [0.15, 0.2) is 0 Å². The van der Waals surface area contributed by atoms with Gasteiger partial charge >= 0.3 is 12.2 Å². The van der Waals surface area contributed by atoms with Gasteiger partial charge in [-0.1, -0.05) is 81.9 Å². The molecule has 0 aromatic heterocycles. The second-order valence-corrected chi connectivity index (χ2v) is 18.8. The van der Waals surface area contributed by atoms with E-state index in [2.05, 4.69) is 94.2 Å². The maximum absolute atomic E-state index is 12.3. The molecule has 3 aromatic carbocycles. The molecule has 0 saturated carbocycles. The highest BCUT2D eigenvalue weighted by molar-refractivity contribution is 9.11. The number of benzene rings is 3. The summed E-state index contributed by atoms with van der Waals surface area (Å²) in [6, 6.07) is 18.2. The lowest BCUT2D eigenvalue weighted by atomic mass is 10.1. The van der Waals surface area contributed by atoms with E-state index >= 15 is 0 Å². The van der Waals surface area contributed by atoms with Gasteiger partial charge in [-0.15, -0.1) is 0 Å². The highest BCUT2D eigenvalue weighted by Gasteiger charge is 2.30. The summed E-state index contributed by atoms with van der Waals surface area (Å²) in [6.07, 6.45) is -0.849. The molecule has 15 heteroatoms. The van der Waals surface area contributed by atoms with E-state index in [0.717, 1.165) is 41.0 Å². The Morgan fingerprint density at radius 3 is 1.51 bits per heavy atom. The van der Waals surface area contributed by atoms with Gasteiger partial charge in [0, 0.05) is 51.5 Å². The minimum Gasteiger partial charge on any atom is -0.444 e. The smallest absolute Gasteiger partial charge is 0.410 e. The molecule has 3 aromatic rings. The van der Waals surface area contributed by atoms with Crippen LogP contribution >= 0.6 is 63.7 Å². The van der Waals surface area contributed by atoms with Gasteiger partial charge in [-0.05, 0) is 132 Å². The number of carbonyl (C=O) groups is 4. The van der Waals surface area contributed by atoms with Crippen molar-refractivity contribution in [1.29, 1.82) is 0 Å². The van der Waals surface area contributed by atoms with Crippen molar-refractivity contribution < 1.29 is 33.8 Å². The summed E-state index contributed by atoms with van der Waals surface area (Å²) in [5.41, 5.74) is 5.99. The molecule has 5 rings (SSSR count). The second kappa shape index (κ2) is 23.6. The van der Waals surface area contributed by atoms with Gasteiger partial charge in [0.2, 0.25) is 11.8 Å². The van der Waals surface area contributed by atoms with Crippen LogP contribution in [0, 0.1) is 20.8 Å². The minimum absolute atomic E-state index is 0.0515. The van der Waals surface area contributed by atoms with E-state index in [-0.39, 0.29) is 31.5 Å². The number of hydrogen-bond acceptors (Lipinski definition) is 7. The fourth-order valence-electron chi connectivity index (χ4n) is 5.17. The van der Waals surface area contributed by atoms with Crippen LogP contribution in [0.3, 0.4) is 0 Å². The number of nitrogens with one attached hydrogen (secondary N) is 1. The van der Waals surface area contributed by atoms with Gasteiger partial charge in [-0.2, -0.15) is 0 Å². The van der Waals surface area contributed by atoms with Crippen LogP contribution in [0.2, 0.25) is 0 Å². The number of aliphatic hydroxyl groups excluding tert-OH is 1. The number of halogens is 4. The summed E-state index contributed by atoms with van der Waals surface area (Å²) >= 11 is 13.6. The molecule has 11 nitrogen and oxygen atoms in total. The molecule has 2 fully saturated rings. The van der Waals surface area contributed by atoms with Crippen molar-refractivity contribution in [1.82, 2.24) is 20.0 Å². The first-order valence-corrected chi connectivity index (χ1v) is 21.9. The van der Waals surface area contributed by atoms with Gasteiger partial charge < -0.3 is 24.8 Å². The second-order valence-electron chi connectivity index (χ2n) is 15.5. The Morgan fingerprint density at radius 2 is 1.12 bits per heavy atom. The van der Waals surface area contributed by atoms with Gasteiger partial charge in [0.05, 0.1) is 6.61 Å². The fourth-order valence-corrected chi connectivity index (χ4v) is 7.22. The van der Waals surface area contributed by atoms with Crippen molar-refractivity contribution in [3.05, 3.63) is 101 Å². The zero-order chi connectivity index (χ0) is 43.1. The van der Waals surface area contributed by atoms with Crippen LogP contribution in [0.1, 0.15) is 74.9 Å². The van der Waals surface area contributed by atoms with E-state index in [1.807, 2.05) is 71.0 Å². The maximum atomic E-state index is 12.3. The third-order valence-electron chi connectivity index (χ3n) is 8.25. The first-order chi connectivity index (χ1) is 26.5. The molecule has 314 valence electrons.